The lowest BCUT2D eigenvalue weighted by atomic mass is 10.1. The summed E-state index contributed by atoms with van der Waals surface area (Å²) in [5.74, 6) is 0. The van der Waals surface area contributed by atoms with Crippen LogP contribution in [-0.4, -0.2) is 19.6 Å². The van der Waals surface area contributed by atoms with Crippen LogP contribution in [0.5, 0.6) is 0 Å². The van der Waals surface area contributed by atoms with Gasteiger partial charge in [-0.25, -0.2) is 0 Å². The van der Waals surface area contributed by atoms with Gasteiger partial charge in [-0.2, -0.15) is 0 Å². The van der Waals surface area contributed by atoms with E-state index >= 15 is 0 Å². The monoisotopic (exact) mass is 288 g/mol. The molecule has 18 heavy (non-hydrogen) atoms. The normalized spacial score (nSPS) is 12.9. The van der Waals surface area contributed by atoms with Gasteiger partial charge in [-0.3, -0.25) is 9.13 Å². The fraction of sp³-hybridized carbons (Fsp3) is 0. The largest absolute Gasteiger partial charge is 0.356 e. The number of fused-ring (bicyclic) bond motifs is 1. The summed E-state index contributed by atoms with van der Waals surface area (Å²) in [6, 6.07) is 8.34. The van der Waals surface area contributed by atoms with Crippen LogP contribution >= 0.6 is 15.2 Å². The lowest BCUT2D eigenvalue weighted by Crippen LogP contribution is -2.15. The maximum absolute atomic E-state index is 11.4. The van der Waals surface area contributed by atoms with Gasteiger partial charge >= 0.3 is 15.2 Å². The fourth-order valence-electron chi connectivity index (χ4n) is 1.68. The molecule has 0 amide bonds. The Labute approximate surface area is 102 Å². The second kappa shape index (κ2) is 4.28. The van der Waals surface area contributed by atoms with Crippen LogP contribution in [0.2, 0.25) is 0 Å². The number of hydrogen-bond acceptors (Lipinski definition) is 2. The molecule has 0 radical (unpaired) electrons. The molecule has 0 aliphatic carbocycles. The third-order valence-electron chi connectivity index (χ3n) is 2.47. The van der Waals surface area contributed by atoms with E-state index in [9.17, 15) is 18.9 Å². The van der Waals surface area contributed by atoms with Crippen molar-refractivity contribution in [1.82, 2.24) is 0 Å². The van der Waals surface area contributed by atoms with Crippen LogP contribution in [0.1, 0.15) is 0 Å². The van der Waals surface area contributed by atoms with Crippen LogP contribution in [0.15, 0.2) is 36.4 Å². The lowest BCUT2D eigenvalue weighted by Gasteiger charge is -2.12. The van der Waals surface area contributed by atoms with Crippen LogP contribution in [-0.2, 0) is 9.13 Å². The summed E-state index contributed by atoms with van der Waals surface area (Å²) in [4.78, 5) is 36.7. The summed E-state index contributed by atoms with van der Waals surface area (Å²) >= 11 is 0. The molecule has 8 heteroatoms. The average Bonchev–Trinajstić information content (AvgIpc) is 2.25. The zero-order valence-corrected chi connectivity index (χ0v) is 10.8. The Bertz CT molecular complexity index is 699. The maximum atomic E-state index is 11.4. The molecule has 0 aliphatic rings. The Morgan fingerprint density at radius 2 is 1.44 bits per heavy atom. The van der Waals surface area contributed by atoms with Gasteiger partial charge in [0.2, 0.25) is 0 Å². The molecule has 4 N–H and O–H groups in total. The summed E-state index contributed by atoms with van der Waals surface area (Å²) in [5, 5.41) is -0.127. The molecule has 0 aliphatic heterocycles. The summed E-state index contributed by atoms with van der Waals surface area (Å²) in [6.07, 6.45) is 0. The molecular weight excluding hydrogens is 278 g/mol. The third kappa shape index (κ3) is 2.54. The molecule has 0 aromatic heterocycles. The highest BCUT2D eigenvalue weighted by Gasteiger charge is 2.26. The van der Waals surface area contributed by atoms with Crippen molar-refractivity contribution >= 4 is 36.6 Å². The number of rotatable bonds is 2. The topological polar surface area (TPSA) is 115 Å². The van der Waals surface area contributed by atoms with Crippen LogP contribution in [0.4, 0.5) is 0 Å². The van der Waals surface area contributed by atoms with Gasteiger partial charge in [0.15, 0.2) is 0 Å². The van der Waals surface area contributed by atoms with Gasteiger partial charge in [0.25, 0.3) is 0 Å². The minimum atomic E-state index is -4.60. The van der Waals surface area contributed by atoms with Crippen molar-refractivity contribution in [3.63, 3.8) is 0 Å². The van der Waals surface area contributed by atoms with Crippen LogP contribution in [0, 0.1) is 0 Å². The first-order valence-electron chi connectivity index (χ1n) is 4.84. The summed E-state index contributed by atoms with van der Waals surface area (Å²) < 4.78 is 22.6. The molecule has 2 aromatic carbocycles. The van der Waals surface area contributed by atoms with Crippen molar-refractivity contribution in [3.05, 3.63) is 36.4 Å². The van der Waals surface area contributed by atoms with Crippen LogP contribution in [0.3, 0.4) is 0 Å². The quantitative estimate of drug-likeness (QED) is 0.596. The molecule has 2 aromatic rings. The van der Waals surface area contributed by atoms with E-state index in [1.54, 1.807) is 12.1 Å². The average molecular weight is 288 g/mol. The Morgan fingerprint density at radius 1 is 0.833 bits per heavy atom. The summed E-state index contributed by atoms with van der Waals surface area (Å²) in [5.41, 5.74) is 0. The molecule has 0 unspecified atom stereocenters. The molecule has 0 fully saturated rings. The molecule has 0 atom stereocenters. The minimum Gasteiger partial charge on any atom is -0.321 e. The zero-order chi connectivity index (χ0) is 13.6. The number of benzene rings is 2. The Hall–Kier alpha value is -1.00. The van der Waals surface area contributed by atoms with Crippen molar-refractivity contribution in [2.24, 2.45) is 0 Å². The smallest absolute Gasteiger partial charge is 0.321 e. The van der Waals surface area contributed by atoms with E-state index in [2.05, 4.69) is 0 Å². The van der Waals surface area contributed by atoms with Gasteiger partial charge in [0, 0.05) is 0 Å². The molecule has 96 valence electrons. The standard InChI is InChI=1S/C10H10O6P2/c11-17(12,13)8-5-7-3-1-2-4-9(7)10(6-8)18(14,15)16/h1-6H,(H2,11,12,13)(H2,14,15,16). The molecule has 2 rings (SSSR count). The van der Waals surface area contributed by atoms with Crippen LogP contribution < -0.4 is 10.6 Å². The van der Waals surface area contributed by atoms with Crippen molar-refractivity contribution in [2.75, 3.05) is 0 Å². The molecule has 0 spiro atoms. The summed E-state index contributed by atoms with van der Waals surface area (Å²) in [7, 11) is -9.17. The Morgan fingerprint density at radius 3 is 2.00 bits per heavy atom. The lowest BCUT2D eigenvalue weighted by molar-refractivity contribution is 0.387. The maximum Gasteiger partial charge on any atom is 0.356 e. The van der Waals surface area contributed by atoms with Gasteiger partial charge in [0.1, 0.15) is 0 Å². The first kappa shape index (κ1) is 13.4. The van der Waals surface area contributed by atoms with Crippen molar-refractivity contribution in [3.8, 4) is 0 Å². The molecule has 0 bridgehead atoms. The second-order valence-electron chi connectivity index (χ2n) is 3.77. The molecule has 6 nitrogen and oxygen atoms in total. The van der Waals surface area contributed by atoms with Gasteiger partial charge < -0.3 is 19.6 Å². The Kier molecular flexibility index (Phi) is 3.19. The fourth-order valence-corrected chi connectivity index (χ4v) is 3.22. The highest BCUT2D eigenvalue weighted by Crippen LogP contribution is 2.39. The second-order valence-corrected chi connectivity index (χ2v) is 6.95. The van der Waals surface area contributed by atoms with Crippen LogP contribution in [0.25, 0.3) is 10.8 Å². The van der Waals surface area contributed by atoms with Crippen molar-refractivity contribution in [2.45, 2.75) is 0 Å². The van der Waals surface area contributed by atoms with E-state index in [-0.39, 0.29) is 10.7 Å². The molecule has 0 saturated heterocycles. The van der Waals surface area contributed by atoms with Gasteiger partial charge in [-0.15, -0.1) is 0 Å². The van der Waals surface area contributed by atoms with E-state index in [1.807, 2.05) is 0 Å². The SMILES string of the molecule is O=P(O)(O)c1cc(P(=O)(O)O)c2ccccc2c1. The van der Waals surface area contributed by atoms with Crippen molar-refractivity contribution < 1.29 is 28.7 Å². The van der Waals surface area contributed by atoms with Gasteiger partial charge in [-0.05, 0) is 22.9 Å². The summed E-state index contributed by atoms with van der Waals surface area (Å²) in [6.45, 7) is 0. The predicted molar refractivity (Wildman–Crippen MR) is 67.3 cm³/mol. The van der Waals surface area contributed by atoms with E-state index in [0.29, 0.717) is 5.39 Å². The van der Waals surface area contributed by atoms with E-state index in [0.717, 1.165) is 6.07 Å². The highest BCUT2D eigenvalue weighted by atomic mass is 31.2. The molecule has 0 heterocycles. The first-order chi connectivity index (χ1) is 8.19. The highest BCUT2D eigenvalue weighted by molar-refractivity contribution is 7.62. The van der Waals surface area contributed by atoms with E-state index in [4.69, 9.17) is 9.79 Å². The molecule has 0 saturated carbocycles. The van der Waals surface area contributed by atoms with E-state index < -0.39 is 20.5 Å². The van der Waals surface area contributed by atoms with Gasteiger partial charge in [-0.1, -0.05) is 24.3 Å². The first-order valence-corrected chi connectivity index (χ1v) is 8.07. The zero-order valence-electron chi connectivity index (χ0n) is 8.96. The van der Waals surface area contributed by atoms with Gasteiger partial charge in [0.05, 0.1) is 10.6 Å². The predicted octanol–water partition coefficient (Wildman–Crippen LogP) is 0.446. The third-order valence-corrected chi connectivity index (χ3v) is 4.40. The minimum absolute atomic E-state index is 0.281. The van der Waals surface area contributed by atoms with Crippen molar-refractivity contribution in [1.29, 1.82) is 0 Å². The Balaban J connectivity index is 2.90. The van der Waals surface area contributed by atoms with E-state index in [1.165, 1.54) is 18.2 Å². The molecular formula is C10H10O6P2. The number of hydrogen-bond donors (Lipinski definition) is 4.